The normalized spacial score (nSPS) is 11.1. The van der Waals surface area contributed by atoms with Gasteiger partial charge in [-0.3, -0.25) is 0 Å². The van der Waals surface area contributed by atoms with E-state index >= 15 is 0 Å². The first-order valence-electron chi connectivity index (χ1n) is 6.88. The topological polar surface area (TPSA) is 114 Å². The van der Waals surface area contributed by atoms with E-state index in [-0.39, 0.29) is 37.1 Å². The van der Waals surface area contributed by atoms with E-state index in [9.17, 15) is 25.9 Å². The predicted octanol–water partition coefficient (Wildman–Crippen LogP) is 2.41. The van der Waals surface area contributed by atoms with Crippen molar-refractivity contribution in [2.45, 2.75) is 37.5 Å². The van der Waals surface area contributed by atoms with E-state index in [0.717, 1.165) is 11.1 Å². The van der Waals surface area contributed by atoms with Crippen LogP contribution >= 0.6 is 0 Å². The summed E-state index contributed by atoms with van der Waals surface area (Å²) in [6.45, 7) is 6.90. The minimum absolute atomic E-state index is 0. The Morgan fingerprint density at radius 2 is 0.920 bits per heavy atom. The van der Waals surface area contributed by atoms with Gasteiger partial charge in [0, 0.05) is 0 Å². The summed E-state index contributed by atoms with van der Waals surface area (Å²) in [5, 5.41) is 0. The zero-order valence-electron chi connectivity index (χ0n) is 14.4. The summed E-state index contributed by atoms with van der Waals surface area (Å²) in [4.78, 5) is -0.263. The number of benzene rings is 2. The van der Waals surface area contributed by atoms with E-state index in [1.54, 1.807) is 38.1 Å². The minimum atomic E-state index is -4.30. The van der Waals surface area contributed by atoms with Crippen LogP contribution in [0.2, 0.25) is 0 Å². The molecule has 0 fully saturated rings. The smallest absolute Gasteiger partial charge is 0.744 e. The van der Waals surface area contributed by atoms with E-state index in [1.807, 2.05) is 13.8 Å². The zero-order valence-corrected chi connectivity index (χ0v) is 20.1. The molecule has 0 radical (unpaired) electrons. The van der Waals surface area contributed by atoms with Crippen LogP contribution in [0.3, 0.4) is 0 Å². The summed E-state index contributed by atoms with van der Waals surface area (Å²) >= 11 is 0. The monoisotopic (exact) mass is 484 g/mol. The maximum atomic E-state index is 10.6. The van der Waals surface area contributed by atoms with Gasteiger partial charge in [0.2, 0.25) is 0 Å². The molecule has 0 aliphatic rings. The molecule has 0 unspecified atom stereocenters. The van der Waals surface area contributed by atoms with Crippen molar-refractivity contribution in [2.75, 3.05) is 0 Å². The fourth-order valence-electron chi connectivity index (χ4n) is 2.16. The van der Waals surface area contributed by atoms with Gasteiger partial charge in [-0.15, -0.1) is 0 Å². The Labute approximate surface area is 168 Å². The summed E-state index contributed by atoms with van der Waals surface area (Å²) < 4.78 is 63.7. The predicted molar refractivity (Wildman–Crippen MR) is 87.8 cm³/mol. The molecule has 0 amide bonds. The minimum Gasteiger partial charge on any atom is -0.744 e. The Morgan fingerprint density at radius 1 is 0.640 bits per heavy atom. The molecule has 2 aromatic rings. The van der Waals surface area contributed by atoms with Crippen LogP contribution in [0.1, 0.15) is 22.3 Å². The van der Waals surface area contributed by atoms with E-state index < -0.39 is 20.2 Å². The van der Waals surface area contributed by atoms with Crippen molar-refractivity contribution in [3.05, 3.63) is 58.7 Å². The maximum Gasteiger partial charge on any atom is 2.00 e. The first-order chi connectivity index (χ1) is 10.8. The van der Waals surface area contributed by atoms with Crippen LogP contribution < -0.4 is 0 Å². The summed E-state index contributed by atoms with van der Waals surface area (Å²) in [7, 11) is -8.60. The van der Waals surface area contributed by atoms with Crippen LogP contribution in [0, 0.1) is 27.7 Å². The molecule has 6 nitrogen and oxygen atoms in total. The molecule has 0 atom stereocenters. The number of hydrogen-bond acceptors (Lipinski definition) is 6. The van der Waals surface area contributed by atoms with Crippen LogP contribution in [-0.4, -0.2) is 25.9 Å². The largest absolute Gasteiger partial charge is 2.00 e. The molecule has 132 valence electrons. The molecule has 0 saturated heterocycles. The van der Waals surface area contributed by atoms with E-state index in [4.69, 9.17) is 0 Å². The second-order valence-electron chi connectivity index (χ2n) is 5.45. The standard InChI is InChI=1S/2C8H10O3S.Cd/c2*1-6-3-4-8(7(2)5-6)12(9,10)11;/h2*3-5H,1-2H3,(H,9,10,11);/q;;+2/p-2. The Hall–Kier alpha value is -0.818. The van der Waals surface area contributed by atoms with Gasteiger partial charge in [-0.25, -0.2) is 16.8 Å². The van der Waals surface area contributed by atoms with Crippen LogP contribution in [0.25, 0.3) is 0 Å². The molecule has 0 heterocycles. The zero-order chi connectivity index (χ0) is 18.7. The number of hydrogen-bond donors (Lipinski definition) is 0. The number of rotatable bonds is 2. The molecule has 9 heteroatoms. The van der Waals surface area contributed by atoms with Crippen molar-refractivity contribution in [1.82, 2.24) is 0 Å². The molecule has 2 rings (SSSR count). The van der Waals surface area contributed by atoms with Gasteiger partial charge in [-0.2, -0.15) is 0 Å². The molecule has 0 aromatic heterocycles. The summed E-state index contributed by atoms with van der Waals surface area (Å²) in [5.41, 5.74) is 2.90. The van der Waals surface area contributed by atoms with Crippen molar-refractivity contribution in [1.29, 1.82) is 0 Å². The van der Waals surface area contributed by atoms with Gasteiger partial charge in [0.25, 0.3) is 0 Å². The molecule has 0 N–H and O–H groups in total. The van der Waals surface area contributed by atoms with Gasteiger partial charge in [-0.1, -0.05) is 35.4 Å². The quantitative estimate of drug-likeness (QED) is 0.479. The Bertz CT molecular complexity index is 871. The molecule has 25 heavy (non-hydrogen) atoms. The summed E-state index contributed by atoms with van der Waals surface area (Å²) in [6.07, 6.45) is 0. The van der Waals surface area contributed by atoms with Gasteiger partial charge in [-0.05, 0) is 51.0 Å². The summed E-state index contributed by atoms with van der Waals surface area (Å²) in [5.74, 6) is 0. The van der Waals surface area contributed by atoms with Gasteiger partial charge >= 0.3 is 27.3 Å². The Morgan fingerprint density at radius 3 is 1.12 bits per heavy atom. The average molecular weight is 483 g/mol. The number of aryl methyl sites for hydroxylation is 4. The van der Waals surface area contributed by atoms with E-state index in [1.165, 1.54) is 12.1 Å². The Balaban J connectivity index is 0.000000443. The molecule has 0 aliphatic carbocycles. The summed E-state index contributed by atoms with van der Waals surface area (Å²) in [6, 6.07) is 9.24. The molecular weight excluding hydrogens is 465 g/mol. The van der Waals surface area contributed by atoms with E-state index in [2.05, 4.69) is 0 Å². The van der Waals surface area contributed by atoms with Crippen molar-refractivity contribution >= 4 is 20.2 Å². The molecular formula is C16H18CdO6S2. The molecule has 2 aromatic carbocycles. The van der Waals surface area contributed by atoms with E-state index in [0.29, 0.717) is 11.1 Å². The third-order valence-electron chi connectivity index (χ3n) is 3.20. The molecule has 0 bridgehead atoms. The van der Waals surface area contributed by atoms with Crippen molar-refractivity contribution in [3.8, 4) is 0 Å². The third kappa shape index (κ3) is 7.52. The SMILES string of the molecule is Cc1ccc(S(=O)(=O)[O-])c(C)c1.Cc1ccc(S(=O)(=O)[O-])c(C)c1.[Cd+2]. The first-order valence-corrected chi connectivity index (χ1v) is 9.70. The first kappa shape index (κ1) is 24.2. The molecule has 0 saturated carbocycles. The average Bonchev–Trinajstić information content (AvgIpc) is 2.35. The van der Waals surface area contributed by atoms with Gasteiger partial charge < -0.3 is 9.11 Å². The Kier molecular flexibility index (Phi) is 8.91. The van der Waals surface area contributed by atoms with Gasteiger partial charge in [0.1, 0.15) is 20.2 Å². The van der Waals surface area contributed by atoms with Gasteiger partial charge in [0.15, 0.2) is 0 Å². The van der Waals surface area contributed by atoms with Crippen LogP contribution in [0.4, 0.5) is 0 Å². The van der Waals surface area contributed by atoms with Crippen LogP contribution in [-0.2, 0) is 47.5 Å². The molecule has 0 spiro atoms. The van der Waals surface area contributed by atoms with Gasteiger partial charge in [0.05, 0.1) is 9.79 Å². The van der Waals surface area contributed by atoms with Crippen molar-refractivity contribution < 1.29 is 53.2 Å². The van der Waals surface area contributed by atoms with Crippen LogP contribution in [0.5, 0.6) is 0 Å². The maximum absolute atomic E-state index is 10.6. The second kappa shape index (κ2) is 9.22. The second-order valence-corrected chi connectivity index (χ2v) is 8.14. The van der Waals surface area contributed by atoms with Crippen molar-refractivity contribution in [2.24, 2.45) is 0 Å². The third-order valence-corrected chi connectivity index (χ3v) is 5.19. The van der Waals surface area contributed by atoms with Crippen LogP contribution in [0.15, 0.2) is 46.2 Å². The molecule has 0 aliphatic heterocycles. The fraction of sp³-hybridized carbons (Fsp3) is 0.250. The van der Waals surface area contributed by atoms with Crippen molar-refractivity contribution in [3.63, 3.8) is 0 Å². The fourth-order valence-corrected chi connectivity index (χ4v) is 3.54.